The minimum Gasteiger partial charge on any atom is -0.192 e. The number of halogens is 1. The predicted octanol–water partition coefficient (Wildman–Crippen LogP) is 3.88. The highest BCUT2D eigenvalue weighted by Crippen LogP contribution is 2.28. The van der Waals surface area contributed by atoms with Crippen LogP contribution in [0.5, 0.6) is 0 Å². The lowest BCUT2D eigenvalue weighted by Gasteiger charge is -2.04. The van der Waals surface area contributed by atoms with Gasteiger partial charge in [-0.2, -0.15) is 5.26 Å². The first-order valence-electron chi connectivity index (χ1n) is 4.56. The first-order chi connectivity index (χ1) is 7.31. The van der Waals surface area contributed by atoms with Crippen LogP contribution in [0.25, 0.3) is 11.1 Å². The molecule has 0 bridgehead atoms. The zero-order valence-corrected chi connectivity index (χ0v) is 8.70. The predicted molar refractivity (Wildman–Crippen MR) is 61.6 cm³/mol. The topological polar surface area (TPSA) is 23.8 Å². The average molecular weight is 214 g/mol. The molecule has 0 atom stereocenters. The van der Waals surface area contributed by atoms with E-state index in [1.807, 2.05) is 30.3 Å². The molecule has 0 N–H and O–H groups in total. The minimum absolute atomic E-state index is 0.623. The summed E-state index contributed by atoms with van der Waals surface area (Å²) in [6.07, 6.45) is 0. The summed E-state index contributed by atoms with van der Waals surface area (Å²) in [5.74, 6) is 0. The third kappa shape index (κ3) is 2.01. The third-order valence-electron chi connectivity index (χ3n) is 2.18. The van der Waals surface area contributed by atoms with Gasteiger partial charge in [-0.1, -0.05) is 41.9 Å². The molecule has 2 aromatic carbocycles. The summed E-state index contributed by atoms with van der Waals surface area (Å²) in [5, 5.41) is 9.47. The van der Waals surface area contributed by atoms with Gasteiger partial charge in [-0.05, 0) is 23.8 Å². The van der Waals surface area contributed by atoms with Crippen molar-refractivity contribution in [2.75, 3.05) is 0 Å². The second-order valence-electron chi connectivity index (χ2n) is 3.17. The van der Waals surface area contributed by atoms with E-state index >= 15 is 0 Å². The number of rotatable bonds is 1. The van der Waals surface area contributed by atoms with Gasteiger partial charge in [-0.3, -0.25) is 0 Å². The Morgan fingerprint density at radius 2 is 1.73 bits per heavy atom. The van der Waals surface area contributed by atoms with E-state index in [2.05, 4.69) is 6.07 Å². The van der Waals surface area contributed by atoms with Crippen LogP contribution in [0.1, 0.15) is 5.56 Å². The summed E-state index contributed by atoms with van der Waals surface area (Å²) in [6, 6.07) is 17.2. The monoisotopic (exact) mass is 213 g/mol. The van der Waals surface area contributed by atoms with E-state index in [-0.39, 0.29) is 0 Å². The summed E-state index contributed by atoms with van der Waals surface area (Å²) >= 11 is 6.08. The zero-order chi connectivity index (χ0) is 10.7. The Morgan fingerprint density at radius 3 is 2.40 bits per heavy atom. The molecule has 0 amide bonds. The molecule has 0 heterocycles. The fourth-order valence-corrected chi connectivity index (χ4v) is 1.66. The fraction of sp³-hybridized carbons (Fsp3) is 0. The molecule has 0 aliphatic rings. The molecule has 72 valence electrons. The molecule has 2 heteroatoms. The van der Waals surface area contributed by atoms with E-state index in [9.17, 15) is 0 Å². The van der Waals surface area contributed by atoms with Crippen LogP contribution < -0.4 is 0 Å². The number of hydrogen-bond acceptors (Lipinski definition) is 1. The Balaban J connectivity index is 2.58. The lowest BCUT2D eigenvalue weighted by Crippen LogP contribution is -1.81. The molecule has 2 aromatic rings. The minimum atomic E-state index is 0.623. The Morgan fingerprint density at radius 1 is 1.00 bits per heavy atom. The highest BCUT2D eigenvalue weighted by atomic mass is 35.5. The van der Waals surface area contributed by atoms with E-state index in [0.29, 0.717) is 10.6 Å². The van der Waals surface area contributed by atoms with E-state index < -0.39 is 0 Å². The van der Waals surface area contributed by atoms with E-state index in [4.69, 9.17) is 16.9 Å². The summed E-state index contributed by atoms with van der Waals surface area (Å²) in [7, 11) is 0. The molecule has 0 unspecified atom stereocenters. The van der Waals surface area contributed by atoms with Crippen molar-refractivity contribution >= 4 is 11.6 Å². The highest BCUT2D eigenvalue weighted by Gasteiger charge is 2.03. The molecular formula is C13H8ClN. The van der Waals surface area contributed by atoms with Crippen LogP contribution in [-0.2, 0) is 0 Å². The van der Waals surface area contributed by atoms with Crippen LogP contribution in [0, 0.1) is 11.3 Å². The second-order valence-corrected chi connectivity index (χ2v) is 3.58. The maximum atomic E-state index is 8.81. The van der Waals surface area contributed by atoms with Crippen molar-refractivity contribution < 1.29 is 0 Å². The Labute approximate surface area is 93.5 Å². The maximum absolute atomic E-state index is 8.81. The first-order valence-corrected chi connectivity index (χ1v) is 4.94. The fourth-order valence-electron chi connectivity index (χ4n) is 1.43. The molecule has 2 rings (SSSR count). The number of nitrogens with zero attached hydrogens (tertiary/aromatic N) is 1. The molecule has 0 radical (unpaired) electrons. The number of benzene rings is 2. The first kappa shape index (κ1) is 9.76. The van der Waals surface area contributed by atoms with Gasteiger partial charge in [0.15, 0.2) is 0 Å². The summed E-state index contributed by atoms with van der Waals surface area (Å²) in [5.41, 5.74) is 2.55. The van der Waals surface area contributed by atoms with Crippen molar-refractivity contribution in [3.63, 3.8) is 0 Å². The quantitative estimate of drug-likeness (QED) is 0.705. The molecule has 15 heavy (non-hydrogen) atoms. The van der Waals surface area contributed by atoms with Gasteiger partial charge >= 0.3 is 0 Å². The molecule has 0 aliphatic heterocycles. The van der Waals surface area contributed by atoms with Crippen molar-refractivity contribution in [1.82, 2.24) is 0 Å². The van der Waals surface area contributed by atoms with Gasteiger partial charge in [0, 0.05) is 10.6 Å². The molecule has 0 aromatic heterocycles. The molecule has 1 nitrogen and oxygen atoms in total. The number of hydrogen-bond donors (Lipinski definition) is 0. The standard InChI is InChI=1S/C13H8ClN/c14-13-7-6-10(9-15)8-12(13)11-4-2-1-3-5-11/h1-8H. The summed E-state index contributed by atoms with van der Waals surface area (Å²) < 4.78 is 0. The van der Waals surface area contributed by atoms with Gasteiger partial charge in [0.05, 0.1) is 11.6 Å². The van der Waals surface area contributed by atoms with Gasteiger partial charge in [0.2, 0.25) is 0 Å². The molecule has 0 aliphatic carbocycles. The van der Waals surface area contributed by atoms with Gasteiger partial charge in [-0.25, -0.2) is 0 Å². The van der Waals surface area contributed by atoms with Crippen molar-refractivity contribution in [2.45, 2.75) is 0 Å². The van der Waals surface area contributed by atoms with Crippen LogP contribution in [-0.4, -0.2) is 0 Å². The Kier molecular flexibility index (Phi) is 2.71. The average Bonchev–Trinajstić information content (AvgIpc) is 2.31. The van der Waals surface area contributed by atoms with Crippen LogP contribution in [0.2, 0.25) is 5.02 Å². The van der Waals surface area contributed by atoms with Gasteiger partial charge in [0.1, 0.15) is 0 Å². The van der Waals surface area contributed by atoms with Crippen molar-refractivity contribution in [3.8, 4) is 17.2 Å². The lowest BCUT2D eigenvalue weighted by molar-refractivity contribution is 1.48. The van der Waals surface area contributed by atoms with Crippen LogP contribution in [0.15, 0.2) is 48.5 Å². The molecule has 0 spiro atoms. The van der Waals surface area contributed by atoms with E-state index in [0.717, 1.165) is 11.1 Å². The normalized spacial score (nSPS) is 9.60. The second kappa shape index (κ2) is 4.16. The smallest absolute Gasteiger partial charge is 0.0991 e. The van der Waals surface area contributed by atoms with Crippen molar-refractivity contribution in [3.05, 3.63) is 59.1 Å². The molecule has 0 saturated heterocycles. The number of nitriles is 1. The molecule has 0 saturated carbocycles. The Bertz CT molecular complexity index is 512. The van der Waals surface area contributed by atoms with Gasteiger partial charge in [-0.15, -0.1) is 0 Å². The van der Waals surface area contributed by atoms with Crippen molar-refractivity contribution in [1.29, 1.82) is 5.26 Å². The third-order valence-corrected chi connectivity index (χ3v) is 2.51. The van der Waals surface area contributed by atoms with Gasteiger partial charge < -0.3 is 0 Å². The summed E-state index contributed by atoms with van der Waals surface area (Å²) in [4.78, 5) is 0. The van der Waals surface area contributed by atoms with Gasteiger partial charge in [0.25, 0.3) is 0 Å². The lowest BCUT2D eigenvalue weighted by atomic mass is 10.0. The van der Waals surface area contributed by atoms with E-state index in [1.165, 1.54) is 0 Å². The van der Waals surface area contributed by atoms with Crippen LogP contribution in [0.4, 0.5) is 0 Å². The largest absolute Gasteiger partial charge is 0.192 e. The zero-order valence-electron chi connectivity index (χ0n) is 7.94. The van der Waals surface area contributed by atoms with Crippen LogP contribution in [0.3, 0.4) is 0 Å². The van der Waals surface area contributed by atoms with E-state index in [1.54, 1.807) is 18.2 Å². The SMILES string of the molecule is N#Cc1ccc(Cl)c(-c2ccccc2)c1. The summed E-state index contributed by atoms with van der Waals surface area (Å²) in [6.45, 7) is 0. The molecule has 0 fully saturated rings. The van der Waals surface area contributed by atoms with Crippen molar-refractivity contribution in [2.24, 2.45) is 0 Å². The maximum Gasteiger partial charge on any atom is 0.0991 e. The highest BCUT2D eigenvalue weighted by molar-refractivity contribution is 6.33. The Hall–Kier alpha value is -1.78. The van der Waals surface area contributed by atoms with Crippen LogP contribution >= 0.6 is 11.6 Å². The molecular weight excluding hydrogens is 206 g/mol.